The first-order valence-electron chi connectivity index (χ1n) is 14.3. The van der Waals surface area contributed by atoms with E-state index in [1.807, 2.05) is 79.1 Å². The molecule has 46 heavy (non-hydrogen) atoms. The van der Waals surface area contributed by atoms with Crippen molar-refractivity contribution < 1.29 is 44.3 Å². The Morgan fingerprint density at radius 2 is 1.39 bits per heavy atom. The normalized spacial score (nSPS) is 11.9. The number of rotatable bonds is 12. The minimum atomic E-state index is -2.33. The number of nitrogens with one attached hydrogen (secondary N) is 1. The smallest absolute Gasteiger partial charge is 0.652 e. The third kappa shape index (κ3) is 11.1. The number of aliphatic hydroxyl groups excluding tert-OH is 2. The molecule has 0 fully saturated rings. The fraction of sp³-hybridized carbons (Fsp3) is 0.265. The molecule has 0 saturated heterocycles. The standard InChI is InChI=1S/C33H35FN2O5.CH2O3.Sr/c1-21(2)31-30(33(41)35-25-11-7-4-8-12-25)29(22-9-5-3-6-10-22)32(23-13-15-24(34)16-14-23)36(31)18-17-26(37)19-27(38)20-28(39)40;2-1(3)4;/h3-16,21,26-27,37-38H,17-20H2,1-2H3,(H,35,41)(H,39,40);(H2,2,3,4);/q;;+2/p-2/t26-,27-;;/m1../s1. The molecule has 2 atom stereocenters. The summed E-state index contributed by atoms with van der Waals surface area (Å²) in [6.07, 6.45) is -4.84. The Morgan fingerprint density at radius 1 is 0.848 bits per heavy atom. The minimum Gasteiger partial charge on any atom is -0.652 e. The van der Waals surface area contributed by atoms with E-state index in [1.54, 1.807) is 12.1 Å². The topological polar surface area (TPSA) is 175 Å². The average molecular weight is 706 g/mol. The van der Waals surface area contributed by atoms with Gasteiger partial charge in [-0.15, -0.1) is 0 Å². The van der Waals surface area contributed by atoms with Crippen LogP contribution in [0.1, 0.15) is 55.1 Å². The summed E-state index contributed by atoms with van der Waals surface area (Å²) in [6, 6.07) is 24.8. The molecule has 0 aliphatic heterocycles. The number of benzene rings is 3. The summed E-state index contributed by atoms with van der Waals surface area (Å²) in [5.74, 6) is -1.93. The van der Waals surface area contributed by atoms with Gasteiger partial charge in [0.15, 0.2) is 0 Å². The van der Waals surface area contributed by atoms with Crippen molar-refractivity contribution in [1.82, 2.24) is 4.57 Å². The van der Waals surface area contributed by atoms with Crippen LogP contribution in [-0.4, -0.2) is 95.6 Å². The largest absolute Gasteiger partial charge is 2.00 e. The molecule has 12 heteroatoms. The van der Waals surface area contributed by atoms with Crippen LogP contribution in [0.15, 0.2) is 84.9 Å². The van der Waals surface area contributed by atoms with E-state index >= 15 is 0 Å². The fourth-order valence-corrected chi connectivity index (χ4v) is 5.20. The predicted molar refractivity (Wildman–Crippen MR) is 168 cm³/mol. The van der Waals surface area contributed by atoms with E-state index in [0.717, 1.165) is 11.3 Å². The van der Waals surface area contributed by atoms with Crippen molar-refractivity contribution in [3.8, 4) is 22.4 Å². The summed E-state index contributed by atoms with van der Waals surface area (Å²) in [5.41, 5.74) is 4.77. The van der Waals surface area contributed by atoms with Gasteiger partial charge in [0.1, 0.15) is 5.82 Å². The fourth-order valence-electron chi connectivity index (χ4n) is 5.20. The second kappa shape index (κ2) is 18.6. The van der Waals surface area contributed by atoms with Crippen molar-refractivity contribution in [3.05, 3.63) is 102 Å². The van der Waals surface area contributed by atoms with Crippen LogP contribution in [0.25, 0.3) is 22.4 Å². The van der Waals surface area contributed by atoms with E-state index in [2.05, 4.69) is 5.32 Å². The maximum Gasteiger partial charge on any atom is 2.00 e. The molecule has 0 aliphatic carbocycles. The second-order valence-electron chi connectivity index (χ2n) is 10.7. The first kappa shape index (κ1) is 38.7. The Kier molecular flexibility index (Phi) is 15.6. The molecule has 0 bridgehead atoms. The number of amides is 1. The second-order valence-corrected chi connectivity index (χ2v) is 10.7. The van der Waals surface area contributed by atoms with Crippen LogP contribution in [0.5, 0.6) is 0 Å². The van der Waals surface area contributed by atoms with Gasteiger partial charge in [-0.05, 0) is 72.4 Å². The van der Waals surface area contributed by atoms with Crippen LogP contribution in [0.3, 0.4) is 0 Å². The Balaban J connectivity index is 0.00000139. The van der Waals surface area contributed by atoms with Crippen LogP contribution >= 0.6 is 0 Å². The zero-order chi connectivity index (χ0) is 33.1. The van der Waals surface area contributed by atoms with Crippen LogP contribution in [-0.2, 0) is 11.3 Å². The number of aliphatic hydroxyl groups is 2. The van der Waals surface area contributed by atoms with E-state index in [9.17, 15) is 24.2 Å². The molecule has 4 rings (SSSR count). The van der Waals surface area contributed by atoms with Crippen molar-refractivity contribution in [3.63, 3.8) is 0 Å². The number of carbonyl (C=O) groups is 3. The molecule has 1 amide bonds. The SMILES string of the molecule is CC(C)c1c(C(=O)Nc2ccccc2)c(-c2ccccc2)c(-c2ccc(F)cc2)n1CC[C@@H](O)C[C@@H](O)CC(=O)O.O=C([O-])[O-].[Sr+2]. The van der Waals surface area contributed by atoms with Crippen LogP contribution in [0.4, 0.5) is 14.9 Å². The van der Waals surface area contributed by atoms with Gasteiger partial charge in [-0.25, -0.2) is 4.39 Å². The van der Waals surface area contributed by atoms with E-state index in [1.165, 1.54) is 12.1 Å². The third-order valence-corrected chi connectivity index (χ3v) is 6.93. The molecule has 3 aromatic carbocycles. The van der Waals surface area contributed by atoms with Gasteiger partial charge in [0.25, 0.3) is 5.91 Å². The summed E-state index contributed by atoms with van der Waals surface area (Å²) < 4.78 is 16.0. The van der Waals surface area contributed by atoms with Gasteiger partial charge in [-0.3, -0.25) is 9.59 Å². The molecule has 238 valence electrons. The number of anilines is 1. The number of aliphatic carboxylic acids is 1. The molecule has 4 aromatic rings. The van der Waals surface area contributed by atoms with Gasteiger partial charge >= 0.3 is 51.5 Å². The maximum atomic E-state index is 14.0. The van der Waals surface area contributed by atoms with Gasteiger partial charge in [0, 0.05) is 23.5 Å². The van der Waals surface area contributed by atoms with Crippen LogP contribution in [0.2, 0.25) is 0 Å². The minimum absolute atomic E-state index is 0. The van der Waals surface area contributed by atoms with E-state index < -0.39 is 30.8 Å². The summed E-state index contributed by atoms with van der Waals surface area (Å²) in [7, 11) is 0. The number of hydrogen-bond acceptors (Lipinski definition) is 7. The predicted octanol–water partition coefficient (Wildman–Crippen LogP) is 3.49. The van der Waals surface area contributed by atoms with Crippen LogP contribution < -0.4 is 15.5 Å². The number of halogens is 1. The molecule has 0 spiro atoms. The summed E-state index contributed by atoms with van der Waals surface area (Å²) in [5, 5.41) is 49.4. The number of hydrogen-bond donors (Lipinski definition) is 4. The number of aromatic nitrogens is 1. The molecule has 10 nitrogen and oxygen atoms in total. The van der Waals surface area contributed by atoms with E-state index in [0.29, 0.717) is 28.1 Å². The molecule has 4 N–H and O–H groups in total. The van der Waals surface area contributed by atoms with E-state index in [4.69, 9.17) is 20.1 Å². The van der Waals surface area contributed by atoms with Crippen molar-refractivity contribution in [2.45, 2.75) is 57.8 Å². The molecule has 1 heterocycles. The Bertz CT molecular complexity index is 1570. The van der Waals surface area contributed by atoms with Crippen molar-refractivity contribution in [2.24, 2.45) is 0 Å². The van der Waals surface area contributed by atoms with Crippen molar-refractivity contribution in [2.75, 3.05) is 5.32 Å². The number of nitrogens with zero attached hydrogens (tertiary/aromatic N) is 1. The van der Waals surface area contributed by atoms with Gasteiger partial charge in [-0.2, -0.15) is 0 Å². The van der Waals surface area contributed by atoms with Gasteiger partial charge in [0.2, 0.25) is 0 Å². The molecule has 0 radical (unpaired) electrons. The molecular weight excluding hydrogens is 671 g/mol. The first-order valence-corrected chi connectivity index (χ1v) is 14.3. The Hall–Kier alpha value is -3.52. The monoisotopic (exact) mass is 706 g/mol. The number of para-hydroxylation sites is 1. The Morgan fingerprint density at radius 3 is 1.91 bits per heavy atom. The summed E-state index contributed by atoms with van der Waals surface area (Å²) in [4.78, 5) is 33.4. The Labute approximate surface area is 303 Å². The quantitative estimate of drug-likeness (QED) is 0.162. The number of carbonyl (C=O) groups excluding carboxylic acids is 2. The van der Waals surface area contributed by atoms with Gasteiger partial charge in [0.05, 0.1) is 29.9 Å². The molecule has 0 aliphatic rings. The third-order valence-electron chi connectivity index (χ3n) is 6.93. The van der Waals surface area contributed by atoms with Gasteiger partial charge in [-0.1, -0.05) is 62.4 Å². The van der Waals surface area contributed by atoms with E-state index in [-0.39, 0.29) is 82.5 Å². The number of carboxylic acid groups (broad SMARTS) is 3. The zero-order valence-electron chi connectivity index (χ0n) is 25.6. The molecule has 1 aromatic heterocycles. The molecule has 0 saturated carbocycles. The molecular formula is C34H35FN2O8Sr. The first-order chi connectivity index (χ1) is 21.4. The van der Waals surface area contributed by atoms with Crippen molar-refractivity contribution in [1.29, 1.82) is 0 Å². The average Bonchev–Trinajstić information content (AvgIpc) is 3.32. The number of carboxylic acids is 1. The zero-order valence-corrected chi connectivity index (χ0v) is 29.0. The summed E-state index contributed by atoms with van der Waals surface area (Å²) in [6.45, 7) is 4.25. The maximum absolute atomic E-state index is 14.0. The van der Waals surface area contributed by atoms with Gasteiger partial charge < -0.3 is 40.2 Å². The van der Waals surface area contributed by atoms with Crippen LogP contribution in [0, 0.1) is 5.82 Å². The molecule has 0 unspecified atom stereocenters. The van der Waals surface area contributed by atoms with Crippen molar-refractivity contribution >= 4 is 69.2 Å². The summed E-state index contributed by atoms with van der Waals surface area (Å²) >= 11 is 0.